The summed E-state index contributed by atoms with van der Waals surface area (Å²) in [7, 11) is 0. The molecule has 4 unspecified atom stereocenters. The fraction of sp³-hybridized carbons (Fsp3) is 0.714. The van der Waals surface area contributed by atoms with Crippen molar-refractivity contribution in [3.8, 4) is 0 Å². The second-order valence-electron chi connectivity index (χ2n) is 8.69. The molecule has 3 aliphatic rings. The van der Waals surface area contributed by atoms with Crippen molar-refractivity contribution >= 4 is 0 Å². The van der Waals surface area contributed by atoms with Gasteiger partial charge in [-0.3, -0.25) is 0 Å². The highest BCUT2D eigenvalue weighted by molar-refractivity contribution is 5.44. The van der Waals surface area contributed by atoms with Gasteiger partial charge in [-0.15, -0.1) is 0 Å². The van der Waals surface area contributed by atoms with E-state index in [1.54, 1.807) is 11.1 Å². The molecule has 2 fully saturated rings. The summed E-state index contributed by atoms with van der Waals surface area (Å²) in [5, 5.41) is 4.00. The summed E-state index contributed by atoms with van der Waals surface area (Å²) in [5.41, 5.74) is 3.73. The second kappa shape index (κ2) is 5.37. The van der Waals surface area contributed by atoms with Crippen LogP contribution in [-0.4, -0.2) is 12.1 Å². The first-order chi connectivity index (χ1) is 10.6. The molecule has 2 aliphatic carbocycles. The lowest BCUT2D eigenvalue weighted by Crippen LogP contribution is -2.49. The molecule has 4 atom stereocenters. The number of piperidine rings is 1. The number of rotatable bonds is 2. The molecule has 1 heterocycles. The lowest BCUT2D eigenvalue weighted by molar-refractivity contribution is 0.123. The Hall–Kier alpha value is -0.820. The van der Waals surface area contributed by atoms with Gasteiger partial charge >= 0.3 is 0 Å². The number of hydrogen-bond donors (Lipinski definition) is 1. The number of benzene rings is 1. The number of fused-ring (bicyclic) bond motifs is 3. The van der Waals surface area contributed by atoms with E-state index in [-0.39, 0.29) is 0 Å². The topological polar surface area (TPSA) is 12.0 Å². The third-order valence-electron chi connectivity index (χ3n) is 7.12. The molecule has 22 heavy (non-hydrogen) atoms. The summed E-state index contributed by atoms with van der Waals surface area (Å²) in [4.78, 5) is 0. The molecule has 1 saturated carbocycles. The monoisotopic (exact) mass is 297 g/mol. The number of hydrogen-bond acceptors (Lipinski definition) is 1. The summed E-state index contributed by atoms with van der Waals surface area (Å²) < 4.78 is 0. The Morgan fingerprint density at radius 2 is 1.64 bits per heavy atom. The van der Waals surface area contributed by atoms with Crippen molar-refractivity contribution in [1.82, 2.24) is 5.32 Å². The SMILES string of the molecule is CC1CCC2c3ccccc3C(C(C)(C)C3CCCC3)C2N1. The van der Waals surface area contributed by atoms with E-state index in [1.165, 1.54) is 38.5 Å². The maximum absolute atomic E-state index is 4.00. The van der Waals surface area contributed by atoms with Gasteiger partial charge in [0.05, 0.1) is 0 Å². The minimum Gasteiger partial charge on any atom is -0.310 e. The van der Waals surface area contributed by atoms with Crippen molar-refractivity contribution < 1.29 is 0 Å². The molecular weight excluding hydrogens is 266 g/mol. The molecular formula is C21H31N. The number of nitrogens with one attached hydrogen (secondary N) is 1. The van der Waals surface area contributed by atoms with Crippen LogP contribution >= 0.6 is 0 Å². The standard InChI is InChI=1S/C21H31N/c1-14-12-13-18-16-10-6-7-11-17(16)19(20(18)22-14)21(2,3)15-8-4-5-9-15/h6-7,10-11,14-15,18-20,22H,4-5,8-9,12-13H2,1-3H3. The predicted molar refractivity (Wildman–Crippen MR) is 93.3 cm³/mol. The Balaban J connectivity index is 1.75. The van der Waals surface area contributed by atoms with E-state index in [1.807, 2.05) is 0 Å². The minimum atomic E-state index is 0.413. The summed E-state index contributed by atoms with van der Waals surface area (Å²) in [6.45, 7) is 7.50. The maximum Gasteiger partial charge on any atom is 0.0212 e. The molecule has 1 heteroatoms. The van der Waals surface area contributed by atoms with Gasteiger partial charge in [-0.1, -0.05) is 51.0 Å². The molecule has 4 rings (SSSR count). The van der Waals surface area contributed by atoms with Crippen LogP contribution in [0.25, 0.3) is 0 Å². The van der Waals surface area contributed by atoms with Crippen molar-refractivity contribution in [2.75, 3.05) is 0 Å². The molecule has 0 bridgehead atoms. The van der Waals surface area contributed by atoms with Gasteiger partial charge in [-0.25, -0.2) is 0 Å². The zero-order valence-electron chi connectivity index (χ0n) is 14.4. The highest BCUT2D eigenvalue weighted by Gasteiger charge is 2.51. The molecule has 0 radical (unpaired) electrons. The summed E-state index contributed by atoms with van der Waals surface area (Å²) >= 11 is 0. The van der Waals surface area contributed by atoms with Crippen LogP contribution in [0.4, 0.5) is 0 Å². The largest absolute Gasteiger partial charge is 0.310 e. The van der Waals surface area contributed by atoms with E-state index in [2.05, 4.69) is 50.4 Å². The molecule has 0 spiro atoms. The van der Waals surface area contributed by atoms with Gasteiger partial charge in [-0.05, 0) is 55.1 Å². The summed E-state index contributed by atoms with van der Waals surface area (Å²) in [6.07, 6.45) is 8.47. The lowest BCUT2D eigenvalue weighted by atomic mass is 9.64. The lowest BCUT2D eigenvalue weighted by Gasteiger charge is -2.45. The van der Waals surface area contributed by atoms with Crippen molar-refractivity contribution in [2.45, 2.75) is 83.2 Å². The Kier molecular flexibility index (Phi) is 3.60. The fourth-order valence-corrected chi connectivity index (χ4v) is 5.93. The van der Waals surface area contributed by atoms with Crippen molar-refractivity contribution in [1.29, 1.82) is 0 Å². The van der Waals surface area contributed by atoms with E-state index >= 15 is 0 Å². The quantitative estimate of drug-likeness (QED) is 0.788. The van der Waals surface area contributed by atoms with Gasteiger partial charge in [0.2, 0.25) is 0 Å². The zero-order chi connectivity index (χ0) is 15.3. The van der Waals surface area contributed by atoms with Gasteiger partial charge in [-0.2, -0.15) is 0 Å². The first-order valence-electron chi connectivity index (χ1n) is 9.44. The normalized spacial score (nSPS) is 35.4. The van der Waals surface area contributed by atoms with Crippen LogP contribution in [0.1, 0.15) is 82.3 Å². The summed E-state index contributed by atoms with van der Waals surface area (Å²) in [5.74, 6) is 2.35. The van der Waals surface area contributed by atoms with Crippen molar-refractivity contribution in [3.05, 3.63) is 35.4 Å². The Labute approximate surface area is 135 Å². The van der Waals surface area contributed by atoms with Gasteiger partial charge < -0.3 is 5.32 Å². The van der Waals surface area contributed by atoms with Gasteiger partial charge in [0, 0.05) is 23.9 Å². The van der Waals surface area contributed by atoms with Crippen molar-refractivity contribution in [2.24, 2.45) is 11.3 Å². The third kappa shape index (κ3) is 2.16. The van der Waals surface area contributed by atoms with E-state index in [0.29, 0.717) is 23.4 Å². The smallest absolute Gasteiger partial charge is 0.0212 e. The maximum atomic E-state index is 4.00. The Morgan fingerprint density at radius 3 is 2.36 bits per heavy atom. The van der Waals surface area contributed by atoms with Gasteiger partial charge in [0.25, 0.3) is 0 Å². The molecule has 0 aromatic heterocycles. The first-order valence-corrected chi connectivity index (χ1v) is 9.44. The van der Waals surface area contributed by atoms with Gasteiger partial charge in [0.1, 0.15) is 0 Å². The van der Waals surface area contributed by atoms with Crippen LogP contribution in [0.3, 0.4) is 0 Å². The van der Waals surface area contributed by atoms with Crippen LogP contribution in [0.15, 0.2) is 24.3 Å². The Bertz CT molecular complexity index is 541. The molecule has 1 aromatic carbocycles. The van der Waals surface area contributed by atoms with Crippen LogP contribution in [0.2, 0.25) is 0 Å². The average molecular weight is 297 g/mol. The Morgan fingerprint density at radius 1 is 0.955 bits per heavy atom. The first kappa shape index (κ1) is 14.8. The molecule has 1 aromatic rings. The van der Waals surface area contributed by atoms with E-state index < -0.39 is 0 Å². The second-order valence-corrected chi connectivity index (χ2v) is 8.69. The minimum absolute atomic E-state index is 0.413. The average Bonchev–Trinajstić information content (AvgIpc) is 3.13. The molecule has 1 saturated heterocycles. The molecule has 120 valence electrons. The van der Waals surface area contributed by atoms with E-state index in [0.717, 1.165) is 11.8 Å². The third-order valence-corrected chi connectivity index (χ3v) is 7.12. The molecule has 1 N–H and O–H groups in total. The van der Waals surface area contributed by atoms with E-state index in [9.17, 15) is 0 Å². The molecule has 1 aliphatic heterocycles. The van der Waals surface area contributed by atoms with Crippen LogP contribution in [0.5, 0.6) is 0 Å². The molecule has 1 nitrogen and oxygen atoms in total. The molecule has 0 amide bonds. The van der Waals surface area contributed by atoms with Crippen LogP contribution in [0, 0.1) is 11.3 Å². The highest BCUT2D eigenvalue weighted by atomic mass is 15.0. The fourth-order valence-electron chi connectivity index (χ4n) is 5.93. The highest BCUT2D eigenvalue weighted by Crippen LogP contribution is 2.57. The van der Waals surface area contributed by atoms with Crippen molar-refractivity contribution in [3.63, 3.8) is 0 Å². The van der Waals surface area contributed by atoms with Crippen LogP contribution in [-0.2, 0) is 0 Å². The predicted octanol–water partition coefficient (Wildman–Crippen LogP) is 5.22. The zero-order valence-corrected chi connectivity index (χ0v) is 14.4. The summed E-state index contributed by atoms with van der Waals surface area (Å²) in [6, 6.07) is 10.7. The van der Waals surface area contributed by atoms with Crippen LogP contribution < -0.4 is 5.32 Å². The van der Waals surface area contributed by atoms with Gasteiger partial charge in [0.15, 0.2) is 0 Å². The van der Waals surface area contributed by atoms with E-state index in [4.69, 9.17) is 0 Å².